The maximum Gasteiger partial charge on any atom is 0.335 e. The largest absolute Gasteiger partial charge is 0.478 e. The smallest absolute Gasteiger partial charge is 0.335 e. The lowest BCUT2D eigenvalue weighted by molar-refractivity contribution is -0.117. The van der Waals surface area contributed by atoms with Gasteiger partial charge in [-0.25, -0.2) is 9.78 Å². The molecule has 0 atom stereocenters. The molecule has 3 aromatic carbocycles. The van der Waals surface area contributed by atoms with Gasteiger partial charge in [0.05, 0.1) is 15.8 Å². The number of ketones is 1. The van der Waals surface area contributed by atoms with Crippen LogP contribution in [0.15, 0.2) is 72.8 Å². The first-order valence-electron chi connectivity index (χ1n) is 9.12. The number of aromatic carboxylic acids is 1. The maximum atomic E-state index is 12.5. The van der Waals surface area contributed by atoms with Crippen LogP contribution >= 0.6 is 11.3 Å². The van der Waals surface area contributed by atoms with Gasteiger partial charge < -0.3 is 10.4 Å². The summed E-state index contributed by atoms with van der Waals surface area (Å²) in [5.74, 6) is -2.55. The van der Waals surface area contributed by atoms with Crippen molar-refractivity contribution in [2.75, 3.05) is 0 Å². The van der Waals surface area contributed by atoms with Crippen LogP contribution in [-0.2, 0) is 11.3 Å². The van der Waals surface area contributed by atoms with E-state index in [0.717, 1.165) is 15.8 Å². The summed E-state index contributed by atoms with van der Waals surface area (Å²) in [5.41, 5.74) is 3.43. The second-order valence-electron chi connectivity index (χ2n) is 6.58. The Morgan fingerprint density at radius 2 is 1.70 bits per heavy atom. The van der Waals surface area contributed by atoms with Crippen molar-refractivity contribution in [2.24, 2.45) is 0 Å². The van der Waals surface area contributed by atoms with E-state index in [9.17, 15) is 14.4 Å². The van der Waals surface area contributed by atoms with Crippen molar-refractivity contribution in [3.05, 3.63) is 88.9 Å². The molecular weight excluding hydrogens is 400 g/mol. The lowest BCUT2D eigenvalue weighted by Gasteiger charge is -2.04. The molecule has 0 bridgehead atoms. The van der Waals surface area contributed by atoms with Gasteiger partial charge in [0.2, 0.25) is 0 Å². The summed E-state index contributed by atoms with van der Waals surface area (Å²) in [6.45, 7) is 0.0503. The number of fused-ring (bicyclic) bond motifs is 1. The van der Waals surface area contributed by atoms with E-state index in [0.29, 0.717) is 11.1 Å². The molecule has 1 amide bonds. The van der Waals surface area contributed by atoms with Gasteiger partial charge >= 0.3 is 5.97 Å². The monoisotopic (exact) mass is 416 g/mol. The third kappa shape index (κ3) is 4.11. The van der Waals surface area contributed by atoms with E-state index in [1.807, 2.05) is 48.5 Å². The molecule has 0 saturated heterocycles. The van der Waals surface area contributed by atoms with Crippen LogP contribution in [0.3, 0.4) is 0 Å². The minimum atomic E-state index is -1.05. The molecule has 0 aliphatic carbocycles. The van der Waals surface area contributed by atoms with Crippen molar-refractivity contribution in [2.45, 2.75) is 6.54 Å². The average molecular weight is 416 g/mol. The molecule has 0 spiro atoms. The summed E-state index contributed by atoms with van der Waals surface area (Å²) in [7, 11) is 0. The molecule has 148 valence electrons. The van der Waals surface area contributed by atoms with Crippen LogP contribution < -0.4 is 5.32 Å². The summed E-state index contributed by atoms with van der Waals surface area (Å²) in [4.78, 5) is 40.1. The first-order chi connectivity index (χ1) is 14.5. The highest BCUT2D eigenvalue weighted by Crippen LogP contribution is 2.28. The molecule has 30 heavy (non-hydrogen) atoms. The van der Waals surface area contributed by atoms with E-state index in [2.05, 4.69) is 10.3 Å². The van der Waals surface area contributed by atoms with Crippen LogP contribution in [0.1, 0.15) is 25.7 Å². The number of amides is 1. The quantitative estimate of drug-likeness (QED) is 0.363. The fourth-order valence-corrected chi connectivity index (χ4v) is 3.95. The van der Waals surface area contributed by atoms with Gasteiger partial charge in [-0.2, -0.15) is 0 Å². The van der Waals surface area contributed by atoms with Gasteiger partial charge in [0.25, 0.3) is 11.7 Å². The highest BCUT2D eigenvalue weighted by molar-refractivity contribution is 7.21. The number of thiazole rings is 1. The highest BCUT2D eigenvalue weighted by atomic mass is 32.1. The lowest BCUT2D eigenvalue weighted by Crippen LogP contribution is -2.30. The molecule has 0 fully saturated rings. The molecule has 0 aliphatic rings. The number of hydrogen-bond donors (Lipinski definition) is 2. The molecule has 1 heterocycles. The number of rotatable bonds is 6. The van der Waals surface area contributed by atoms with Crippen molar-refractivity contribution < 1.29 is 19.5 Å². The third-order valence-corrected chi connectivity index (χ3v) is 5.54. The fraction of sp³-hybridized carbons (Fsp3) is 0.0435. The van der Waals surface area contributed by atoms with E-state index in [1.165, 1.54) is 23.5 Å². The van der Waals surface area contributed by atoms with Crippen LogP contribution in [0.4, 0.5) is 0 Å². The molecule has 4 rings (SSSR count). The van der Waals surface area contributed by atoms with Crippen molar-refractivity contribution in [3.63, 3.8) is 0 Å². The molecule has 2 N–H and O–H groups in total. The first-order valence-corrected chi connectivity index (χ1v) is 9.94. The second kappa shape index (κ2) is 8.26. The molecule has 6 nitrogen and oxygen atoms in total. The van der Waals surface area contributed by atoms with Crippen LogP contribution in [-0.4, -0.2) is 27.8 Å². The topological polar surface area (TPSA) is 96.4 Å². The molecule has 0 radical (unpaired) electrons. The van der Waals surface area contributed by atoms with Gasteiger partial charge in [0.15, 0.2) is 5.01 Å². The summed E-state index contributed by atoms with van der Waals surface area (Å²) in [5, 5.41) is 11.7. The van der Waals surface area contributed by atoms with Crippen LogP contribution in [0, 0.1) is 0 Å². The van der Waals surface area contributed by atoms with Gasteiger partial charge in [0.1, 0.15) is 0 Å². The van der Waals surface area contributed by atoms with Gasteiger partial charge in [-0.15, -0.1) is 11.3 Å². The number of carboxylic acid groups (broad SMARTS) is 1. The Hall–Kier alpha value is -3.84. The number of benzene rings is 3. The Labute approximate surface area is 175 Å². The molecule has 1 aromatic heterocycles. The SMILES string of the molecule is O=C(NCc1cccc(C(=O)O)c1)C(=O)c1nc2ccc(-c3ccccc3)cc2s1. The van der Waals surface area contributed by atoms with Crippen LogP contribution in [0.25, 0.3) is 21.3 Å². The number of carbonyl (C=O) groups excluding carboxylic acids is 2. The molecule has 4 aromatic rings. The molecule has 0 unspecified atom stereocenters. The standard InChI is InChI=1S/C23H16N2O4S/c26-20(21(27)24-13-14-5-4-8-17(11-14)23(28)29)22-25-18-10-9-16(12-19(18)30-22)15-6-2-1-3-7-15/h1-12H,13H2,(H,24,27)(H,28,29). The van der Waals surface area contributed by atoms with E-state index < -0.39 is 17.7 Å². The van der Waals surface area contributed by atoms with E-state index in [-0.39, 0.29) is 17.1 Å². The zero-order valence-corrected chi connectivity index (χ0v) is 16.5. The molecule has 0 saturated carbocycles. The summed E-state index contributed by atoms with van der Waals surface area (Å²) in [6.07, 6.45) is 0. The van der Waals surface area contributed by atoms with Crippen LogP contribution in [0.2, 0.25) is 0 Å². The summed E-state index contributed by atoms with van der Waals surface area (Å²) in [6, 6.07) is 21.8. The number of Topliss-reactive ketones (excluding diaryl/α,β-unsaturated/α-hetero) is 1. The Kier molecular flexibility index (Phi) is 5.36. The number of carbonyl (C=O) groups is 3. The molecule has 0 aliphatic heterocycles. The fourth-order valence-electron chi connectivity index (χ4n) is 3.01. The molecule has 7 heteroatoms. The van der Waals surface area contributed by atoms with Gasteiger partial charge in [-0.3, -0.25) is 9.59 Å². The number of hydrogen-bond acceptors (Lipinski definition) is 5. The summed E-state index contributed by atoms with van der Waals surface area (Å²) >= 11 is 1.17. The van der Waals surface area contributed by atoms with Crippen LogP contribution in [0.5, 0.6) is 0 Å². The maximum absolute atomic E-state index is 12.5. The normalized spacial score (nSPS) is 10.7. The first kappa shape index (κ1) is 19.5. The predicted octanol–water partition coefficient (Wildman–Crippen LogP) is 4.16. The lowest BCUT2D eigenvalue weighted by atomic mass is 10.1. The predicted molar refractivity (Wildman–Crippen MR) is 115 cm³/mol. The second-order valence-corrected chi connectivity index (χ2v) is 7.62. The average Bonchev–Trinajstić information content (AvgIpc) is 3.21. The third-order valence-electron chi connectivity index (χ3n) is 4.52. The Balaban J connectivity index is 1.49. The number of nitrogens with zero attached hydrogens (tertiary/aromatic N) is 1. The van der Waals surface area contributed by atoms with Gasteiger partial charge in [0, 0.05) is 6.54 Å². The Bertz CT molecular complexity index is 1260. The van der Waals surface area contributed by atoms with Crippen molar-refractivity contribution >= 4 is 39.2 Å². The zero-order chi connectivity index (χ0) is 21.1. The summed E-state index contributed by atoms with van der Waals surface area (Å²) < 4.78 is 0.821. The molecular formula is C23H16N2O4S. The Morgan fingerprint density at radius 1 is 0.900 bits per heavy atom. The minimum Gasteiger partial charge on any atom is -0.478 e. The zero-order valence-electron chi connectivity index (χ0n) is 15.7. The number of carboxylic acids is 1. The van der Waals surface area contributed by atoms with Crippen molar-refractivity contribution in [3.8, 4) is 11.1 Å². The number of aromatic nitrogens is 1. The van der Waals surface area contributed by atoms with Gasteiger partial charge in [-0.1, -0.05) is 48.5 Å². The van der Waals surface area contributed by atoms with E-state index in [1.54, 1.807) is 12.1 Å². The van der Waals surface area contributed by atoms with Crippen molar-refractivity contribution in [1.29, 1.82) is 0 Å². The van der Waals surface area contributed by atoms with Crippen molar-refractivity contribution in [1.82, 2.24) is 10.3 Å². The highest BCUT2D eigenvalue weighted by Gasteiger charge is 2.20. The van der Waals surface area contributed by atoms with Gasteiger partial charge in [-0.05, 0) is 41.0 Å². The van der Waals surface area contributed by atoms with E-state index in [4.69, 9.17) is 5.11 Å². The Morgan fingerprint density at radius 3 is 2.47 bits per heavy atom. The minimum absolute atomic E-state index is 0.0503. The number of nitrogens with one attached hydrogen (secondary N) is 1. The van der Waals surface area contributed by atoms with E-state index >= 15 is 0 Å².